The molecule has 0 unspecified atom stereocenters. The van der Waals surface area contributed by atoms with Crippen LogP contribution in [0.1, 0.15) is 23.3 Å². The standard InChI is InChI=1S/C16H19N3O3/c1-22-14-6-4-12(5-7-14)19-10-8-15(17-19)16(21)18-9-2-3-13(18)11-20/h4-8,10,13,20H,2-3,9,11H2,1H3/t13-/m1/s1. The fourth-order valence-corrected chi connectivity index (χ4v) is 2.76. The Hall–Kier alpha value is -2.34. The number of ether oxygens (including phenoxy) is 1. The lowest BCUT2D eigenvalue weighted by Gasteiger charge is -2.21. The first-order chi connectivity index (χ1) is 10.7. The monoisotopic (exact) mass is 301 g/mol. The second kappa shape index (κ2) is 6.19. The third kappa shape index (κ3) is 2.69. The molecule has 1 amide bonds. The molecule has 1 aliphatic heterocycles. The molecule has 116 valence electrons. The van der Waals surface area contributed by atoms with E-state index in [0.29, 0.717) is 12.2 Å². The van der Waals surface area contributed by atoms with Crippen LogP contribution in [0.4, 0.5) is 0 Å². The summed E-state index contributed by atoms with van der Waals surface area (Å²) in [5.74, 6) is 0.652. The Morgan fingerprint density at radius 3 is 2.82 bits per heavy atom. The molecular formula is C16H19N3O3. The maximum absolute atomic E-state index is 12.5. The van der Waals surface area contributed by atoms with Crippen LogP contribution in [0.3, 0.4) is 0 Å². The van der Waals surface area contributed by atoms with Crippen molar-refractivity contribution in [3.05, 3.63) is 42.2 Å². The fourth-order valence-electron chi connectivity index (χ4n) is 2.76. The summed E-state index contributed by atoms with van der Waals surface area (Å²) in [6, 6.07) is 9.08. The number of benzene rings is 1. The van der Waals surface area contributed by atoms with E-state index in [2.05, 4.69) is 5.10 Å². The van der Waals surface area contributed by atoms with Crippen molar-refractivity contribution in [2.24, 2.45) is 0 Å². The molecule has 22 heavy (non-hydrogen) atoms. The summed E-state index contributed by atoms with van der Waals surface area (Å²) in [6.45, 7) is 0.685. The quantitative estimate of drug-likeness (QED) is 0.929. The van der Waals surface area contributed by atoms with Crippen molar-refractivity contribution in [3.8, 4) is 11.4 Å². The zero-order valence-electron chi connectivity index (χ0n) is 12.5. The highest BCUT2D eigenvalue weighted by atomic mass is 16.5. The summed E-state index contributed by atoms with van der Waals surface area (Å²) in [7, 11) is 1.62. The molecule has 1 fully saturated rings. The molecule has 0 aliphatic carbocycles. The summed E-state index contributed by atoms with van der Waals surface area (Å²) in [5.41, 5.74) is 1.26. The molecule has 1 aromatic heterocycles. The Labute approximate surface area is 128 Å². The van der Waals surface area contributed by atoms with Crippen molar-refractivity contribution >= 4 is 5.91 Å². The van der Waals surface area contributed by atoms with E-state index in [-0.39, 0.29) is 18.6 Å². The molecule has 1 saturated heterocycles. The number of hydrogen-bond donors (Lipinski definition) is 1. The first kappa shape index (κ1) is 14.6. The number of carbonyl (C=O) groups excluding carboxylic acids is 1. The van der Waals surface area contributed by atoms with Crippen LogP contribution in [-0.2, 0) is 0 Å². The maximum Gasteiger partial charge on any atom is 0.274 e. The van der Waals surface area contributed by atoms with Crippen molar-refractivity contribution in [3.63, 3.8) is 0 Å². The number of aliphatic hydroxyl groups excluding tert-OH is 1. The number of hydrogen-bond acceptors (Lipinski definition) is 4. The molecule has 2 heterocycles. The fraction of sp³-hybridized carbons (Fsp3) is 0.375. The van der Waals surface area contributed by atoms with Gasteiger partial charge in [-0.3, -0.25) is 4.79 Å². The predicted octanol–water partition coefficient (Wildman–Crippen LogP) is 1.48. The third-order valence-corrected chi connectivity index (χ3v) is 3.99. The molecular weight excluding hydrogens is 282 g/mol. The number of aromatic nitrogens is 2. The van der Waals surface area contributed by atoms with Gasteiger partial charge in [-0.2, -0.15) is 5.10 Å². The molecule has 0 spiro atoms. The summed E-state index contributed by atoms with van der Waals surface area (Å²) in [6.07, 6.45) is 3.54. The number of rotatable bonds is 4. The molecule has 2 aromatic rings. The van der Waals surface area contributed by atoms with Gasteiger partial charge in [0.2, 0.25) is 0 Å². The van der Waals surface area contributed by atoms with Gasteiger partial charge in [-0.15, -0.1) is 0 Å². The third-order valence-electron chi connectivity index (χ3n) is 3.99. The van der Waals surface area contributed by atoms with Gasteiger partial charge in [0.1, 0.15) is 5.75 Å². The number of methoxy groups -OCH3 is 1. The average Bonchev–Trinajstić information content (AvgIpc) is 3.23. The summed E-state index contributed by atoms with van der Waals surface area (Å²) < 4.78 is 6.79. The van der Waals surface area contributed by atoms with E-state index in [1.54, 1.807) is 29.0 Å². The zero-order chi connectivity index (χ0) is 15.5. The number of aliphatic hydroxyl groups is 1. The van der Waals surface area contributed by atoms with Gasteiger partial charge in [-0.1, -0.05) is 0 Å². The van der Waals surface area contributed by atoms with Crippen LogP contribution in [0.5, 0.6) is 5.75 Å². The molecule has 0 saturated carbocycles. The molecule has 1 atom stereocenters. The van der Waals surface area contributed by atoms with Crippen molar-refractivity contribution in [2.75, 3.05) is 20.3 Å². The van der Waals surface area contributed by atoms with Crippen LogP contribution in [0.15, 0.2) is 36.5 Å². The summed E-state index contributed by atoms with van der Waals surface area (Å²) in [5, 5.41) is 13.7. The van der Waals surface area contributed by atoms with Crippen molar-refractivity contribution < 1.29 is 14.6 Å². The van der Waals surface area contributed by atoms with Gasteiger partial charge in [0, 0.05) is 12.7 Å². The van der Waals surface area contributed by atoms with Crippen molar-refractivity contribution in [2.45, 2.75) is 18.9 Å². The highest BCUT2D eigenvalue weighted by Gasteiger charge is 2.29. The summed E-state index contributed by atoms with van der Waals surface area (Å²) >= 11 is 0. The Kier molecular flexibility index (Phi) is 4.11. The van der Waals surface area contributed by atoms with Crippen LogP contribution >= 0.6 is 0 Å². The molecule has 1 aliphatic rings. The van der Waals surface area contributed by atoms with Gasteiger partial charge in [0.15, 0.2) is 5.69 Å². The number of nitrogens with zero attached hydrogens (tertiary/aromatic N) is 3. The second-order valence-electron chi connectivity index (χ2n) is 5.32. The number of carbonyl (C=O) groups is 1. The lowest BCUT2D eigenvalue weighted by atomic mass is 10.2. The molecule has 0 radical (unpaired) electrons. The van der Waals surface area contributed by atoms with Gasteiger partial charge < -0.3 is 14.7 Å². The Bertz CT molecular complexity index is 651. The van der Waals surface area contributed by atoms with E-state index >= 15 is 0 Å². The normalized spacial score (nSPS) is 17.7. The molecule has 6 heteroatoms. The van der Waals surface area contributed by atoms with E-state index in [1.165, 1.54) is 0 Å². The van der Waals surface area contributed by atoms with Crippen molar-refractivity contribution in [1.82, 2.24) is 14.7 Å². The first-order valence-corrected chi connectivity index (χ1v) is 7.35. The molecule has 1 aromatic carbocycles. The number of amides is 1. The second-order valence-corrected chi connectivity index (χ2v) is 5.32. The van der Waals surface area contributed by atoms with E-state index in [4.69, 9.17) is 4.74 Å². The Morgan fingerprint density at radius 1 is 1.36 bits per heavy atom. The summed E-state index contributed by atoms with van der Waals surface area (Å²) in [4.78, 5) is 14.2. The number of likely N-dealkylation sites (tertiary alicyclic amines) is 1. The zero-order valence-corrected chi connectivity index (χ0v) is 12.5. The highest BCUT2D eigenvalue weighted by molar-refractivity contribution is 5.92. The van der Waals surface area contributed by atoms with Gasteiger partial charge in [0.25, 0.3) is 5.91 Å². The van der Waals surface area contributed by atoms with E-state index in [9.17, 15) is 9.90 Å². The highest BCUT2D eigenvalue weighted by Crippen LogP contribution is 2.20. The lowest BCUT2D eigenvalue weighted by molar-refractivity contribution is 0.0671. The largest absolute Gasteiger partial charge is 0.497 e. The van der Waals surface area contributed by atoms with Crippen LogP contribution in [0, 0.1) is 0 Å². The van der Waals surface area contributed by atoms with Crippen molar-refractivity contribution in [1.29, 1.82) is 0 Å². The van der Waals surface area contributed by atoms with Gasteiger partial charge >= 0.3 is 0 Å². The SMILES string of the molecule is COc1ccc(-n2ccc(C(=O)N3CCC[C@@H]3CO)n2)cc1. The molecule has 6 nitrogen and oxygen atoms in total. The lowest BCUT2D eigenvalue weighted by Crippen LogP contribution is -2.37. The smallest absolute Gasteiger partial charge is 0.274 e. The Balaban J connectivity index is 1.79. The molecule has 1 N–H and O–H groups in total. The van der Waals surface area contributed by atoms with Gasteiger partial charge in [-0.25, -0.2) is 4.68 Å². The van der Waals surface area contributed by atoms with Crippen LogP contribution in [0.25, 0.3) is 5.69 Å². The van der Waals surface area contributed by atoms with Crippen LogP contribution in [0.2, 0.25) is 0 Å². The molecule has 0 bridgehead atoms. The van der Waals surface area contributed by atoms with E-state index < -0.39 is 0 Å². The van der Waals surface area contributed by atoms with Gasteiger partial charge in [0.05, 0.1) is 25.4 Å². The van der Waals surface area contributed by atoms with Crippen LogP contribution < -0.4 is 4.74 Å². The van der Waals surface area contributed by atoms with E-state index in [0.717, 1.165) is 24.3 Å². The van der Waals surface area contributed by atoms with Crippen LogP contribution in [-0.4, -0.2) is 52.0 Å². The first-order valence-electron chi connectivity index (χ1n) is 7.35. The minimum absolute atomic E-state index is 0.00489. The predicted molar refractivity (Wildman–Crippen MR) is 81.3 cm³/mol. The van der Waals surface area contributed by atoms with Gasteiger partial charge in [-0.05, 0) is 43.2 Å². The minimum atomic E-state index is -0.121. The maximum atomic E-state index is 12.5. The average molecular weight is 301 g/mol. The topological polar surface area (TPSA) is 67.6 Å². The molecule has 3 rings (SSSR count). The Morgan fingerprint density at radius 2 is 2.14 bits per heavy atom. The van der Waals surface area contributed by atoms with E-state index in [1.807, 2.05) is 24.3 Å². The minimum Gasteiger partial charge on any atom is -0.497 e.